The van der Waals surface area contributed by atoms with Gasteiger partial charge in [0.1, 0.15) is 29.8 Å². The highest BCUT2D eigenvalue weighted by molar-refractivity contribution is 6.35. The molecule has 71 heavy (non-hydrogen) atoms. The van der Waals surface area contributed by atoms with Crippen LogP contribution in [0.2, 0.25) is 5.02 Å². The van der Waals surface area contributed by atoms with E-state index in [0.717, 1.165) is 80.0 Å². The van der Waals surface area contributed by atoms with Gasteiger partial charge in [-0.05, 0) is 106 Å². The number of fused-ring (bicyclic) bond motifs is 2. The first-order valence-electron chi connectivity index (χ1n) is 24.0. The number of nitrogens with one attached hydrogen (secondary N) is 2. The van der Waals surface area contributed by atoms with Crippen LogP contribution >= 0.6 is 11.6 Å². The summed E-state index contributed by atoms with van der Waals surface area (Å²) in [4.78, 5) is 75.1. The molecule has 3 N–H and O–H groups in total. The molecule has 2 aliphatic heterocycles. The lowest BCUT2D eigenvalue weighted by molar-refractivity contribution is -0.138. The normalized spacial score (nSPS) is 17.1. The van der Waals surface area contributed by atoms with E-state index in [-0.39, 0.29) is 25.0 Å². The monoisotopic (exact) mass is 987 g/mol. The van der Waals surface area contributed by atoms with Gasteiger partial charge in [-0.1, -0.05) is 67.1 Å². The third-order valence-electron chi connectivity index (χ3n) is 13.4. The first-order valence-corrected chi connectivity index (χ1v) is 24.4. The molecule has 17 heteroatoms. The predicted molar refractivity (Wildman–Crippen MR) is 272 cm³/mol. The molecule has 2 saturated heterocycles. The Hall–Kier alpha value is -6.88. The highest BCUT2D eigenvalue weighted by Crippen LogP contribution is 2.42. The average molecular weight is 989 g/mol. The zero-order chi connectivity index (χ0) is 50.9. The predicted octanol–water partition coefficient (Wildman–Crippen LogP) is 7.41. The van der Waals surface area contributed by atoms with Gasteiger partial charge < -0.3 is 29.4 Å². The molecule has 0 spiro atoms. The van der Waals surface area contributed by atoms with Crippen LogP contribution < -0.4 is 20.1 Å². The van der Waals surface area contributed by atoms with Gasteiger partial charge in [0.15, 0.2) is 6.29 Å². The van der Waals surface area contributed by atoms with Gasteiger partial charge in [-0.15, -0.1) is 0 Å². The molecule has 2 fully saturated rings. The number of likely N-dealkylation sites (tertiary alicyclic amines) is 1. The van der Waals surface area contributed by atoms with Crippen molar-refractivity contribution in [2.75, 3.05) is 46.4 Å². The number of carbonyl (C=O) groups is 6. The van der Waals surface area contributed by atoms with Crippen LogP contribution in [0.3, 0.4) is 0 Å². The Morgan fingerprint density at radius 3 is 2.44 bits per heavy atom. The summed E-state index contributed by atoms with van der Waals surface area (Å²) in [6.45, 7) is 12.1. The van der Waals surface area contributed by atoms with Gasteiger partial charge in [0, 0.05) is 79.7 Å². The number of aromatic nitrogens is 3. The van der Waals surface area contributed by atoms with E-state index in [9.17, 15) is 33.9 Å². The molecule has 2 aromatic heterocycles. The number of carboxylic acid groups (broad SMARTS) is 1. The fourth-order valence-electron chi connectivity index (χ4n) is 9.99. The van der Waals surface area contributed by atoms with Crippen LogP contribution in [0.1, 0.15) is 77.3 Å². The van der Waals surface area contributed by atoms with Crippen molar-refractivity contribution in [2.45, 2.75) is 72.4 Å². The summed E-state index contributed by atoms with van der Waals surface area (Å²) in [7, 11) is 4.10. The maximum atomic E-state index is 13.1. The SMILES string of the molecule is CC(=O)N(C(=O)c1cccc(OCC=O)c1)C1CCCC(=O)NC1=O.Cc1nn(C)c(C)c1-c1c(Cl)ccc2c(CCCOc3cccc4ccccc34)c(C(=O)O)n(CCNCC3CN(C)CC3C)c12. The number of aryl methyl sites for hydroxylation is 3. The van der Waals surface area contributed by atoms with Crippen molar-refractivity contribution >= 4 is 69.2 Å². The van der Waals surface area contributed by atoms with Crippen LogP contribution in [-0.4, -0.2) is 118 Å². The highest BCUT2D eigenvalue weighted by Gasteiger charge is 2.36. The second-order valence-electron chi connectivity index (χ2n) is 18.4. The average Bonchev–Trinajstić information content (AvgIpc) is 3.88. The van der Waals surface area contributed by atoms with Gasteiger partial charge in [0.25, 0.3) is 5.91 Å². The molecule has 4 aromatic carbocycles. The van der Waals surface area contributed by atoms with Crippen LogP contribution in [-0.2, 0) is 39.2 Å². The Morgan fingerprint density at radius 1 is 0.972 bits per heavy atom. The molecular weight excluding hydrogens is 926 g/mol. The number of benzene rings is 4. The van der Waals surface area contributed by atoms with Gasteiger partial charge in [-0.3, -0.25) is 38.9 Å². The molecule has 4 heterocycles. The van der Waals surface area contributed by atoms with Crippen molar-refractivity contribution in [3.8, 4) is 22.6 Å². The molecule has 0 radical (unpaired) electrons. The summed E-state index contributed by atoms with van der Waals surface area (Å²) >= 11 is 6.99. The number of aromatic carboxylic acids is 1. The van der Waals surface area contributed by atoms with Gasteiger partial charge >= 0.3 is 5.97 Å². The van der Waals surface area contributed by atoms with Crippen LogP contribution in [0.25, 0.3) is 32.8 Å². The number of hydrogen-bond acceptors (Lipinski definition) is 11. The molecule has 8 rings (SSSR count). The molecule has 4 amide bonds. The minimum absolute atomic E-state index is 0.141. The summed E-state index contributed by atoms with van der Waals surface area (Å²) in [6.07, 6.45) is 2.56. The van der Waals surface area contributed by atoms with Crippen LogP contribution in [0, 0.1) is 25.7 Å². The van der Waals surface area contributed by atoms with Gasteiger partial charge in [-0.25, -0.2) is 4.79 Å². The van der Waals surface area contributed by atoms with Gasteiger partial charge in [0.2, 0.25) is 17.7 Å². The second-order valence-corrected chi connectivity index (χ2v) is 18.8. The smallest absolute Gasteiger partial charge is 0.352 e. The lowest BCUT2D eigenvalue weighted by Gasteiger charge is -2.27. The van der Waals surface area contributed by atoms with E-state index >= 15 is 0 Å². The molecule has 3 unspecified atom stereocenters. The molecule has 0 bridgehead atoms. The van der Waals surface area contributed by atoms with E-state index in [1.807, 2.05) is 66.5 Å². The maximum Gasteiger partial charge on any atom is 0.352 e. The van der Waals surface area contributed by atoms with Crippen molar-refractivity contribution < 1.29 is 43.3 Å². The van der Waals surface area contributed by atoms with Crippen molar-refractivity contribution in [2.24, 2.45) is 18.9 Å². The van der Waals surface area contributed by atoms with E-state index < -0.39 is 35.6 Å². The molecule has 2 aliphatic rings. The molecule has 16 nitrogen and oxygen atoms in total. The first kappa shape index (κ1) is 52.0. The highest BCUT2D eigenvalue weighted by atomic mass is 35.5. The molecular formula is C54H62ClN7O9. The minimum atomic E-state index is -1.05. The Balaban J connectivity index is 0.000000251. The maximum absolute atomic E-state index is 13.1. The number of hydrogen-bond donors (Lipinski definition) is 3. The van der Waals surface area contributed by atoms with Crippen LogP contribution in [0.5, 0.6) is 11.5 Å². The molecule has 6 aromatic rings. The van der Waals surface area contributed by atoms with Gasteiger partial charge in [-0.2, -0.15) is 5.10 Å². The molecule has 0 aliphatic carbocycles. The van der Waals surface area contributed by atoms with E-state index in [2.05, 4.69) is 52.8 Å². The summed E-state index contributed by atoms with van der Waals surface area (Å²) in [5.74, 6) is -0.956. The molecule has 374 valence electrons. The molecule has 0 saturated carbocycles. The van der Waals surface area contributed by atoms with E-state index in [4.69, 9.17) is 21.1 Å². The molecule has 3 atom stereocenters. The third-order valence-corrected chi connectivity index (χ3v) is 13.7. The van der Waals surface area contributed by atoms with Gasteiger partial charge in [0.05, 0.1) is 22.8 Å². The zero-order valence-corrected chi connectivity index (χ0v) is 41.9. The quantitative estimate of drug-likeness (QED) is 0.0466. The third kappa shape index (κ3) is 11.8. The van der Waals surface area contributed by atoms with Crippen molar-refractivity contribution in [1.82, 2.24) is 34.8 Å². The fourth-order valence-corrected chi connectivity index (χ4v) is 10.2. The lowest BCUT2D eigenvalue weighted by Crippen LogP contribution is -2.51. The van der Waals surface area contributed by atoms with Crippen molar-refractivity contribution in [3.05, 3.63) is 112 Å². The topological polar surface area (TPSA) is 194 Å². The Labute approximate surface area is 418 Å². The Bertz CT molecular complexity index is 2960. The van der Waals surface area contributed by atoms with Crippen molar-refractivity contribution in [3.63, 3.8) is 0 Å². The Morgan fingerprint density at radius 2 is 1.73 bits per heavy atom. The zero-order valence-electron chi connectivity index (χ0n) is 41.1. The number of nitrogens with zero attached hydrogens (tertiary/aromatic N) is 5. The number of ether oxygens (including phenoxy) is 2. The van der Waals surface area contributed by atoms with E-state index in [0.29, 0.717) is 73.5 Å². The largest absolute Gasteiger partial charge is 0.493 e. The van der Waals surface area contributed by atoms with E-state index in [1.54, 1.807) is 12.1 Å². The number of amides is 4. The minimum Gasteiger partial charge on any atom is -0.493 e. The first-order chi connectivity index (χ1) is 34.1. The number of carbonyl (C=O) groups excluding carboxylic acids is 5. The number of halogens is 1. The number of rotatable bonds is 17. The second kappa shape index (κ2) is 23.4. The fraction of sp³-hybridized carbons (Fsp3) is 0.389. The summed E-state index contributed by atoms with van der Waals surface area (Å²) < 4.78 is 15.2. The Kier molecular flexibility index (Phi) is 17.1. The van der Waals surface area contributed by atoms with Crippen molar-refractivity contribution in [1.29, 1.82) is 0 Å². The van der Waals surface area contributed by atoms with E-state index in [1.165, 1.54) is 19.1 Å². The lowest BCUT2D eigenvalue weighted by atomic mass is 9.98. The summed E-state index contributed by atoms with van der Waals surface area (Å²) in [5, 5.41) is 24.9. The standard InChI is InChI=1S/C37H44ClN5O3.C17H18N2O6/c1-23-21-41(4)22-27(23)20-39-17-18-43-35-30(15-16-31(38)34(35)33-24(2)40-42(5)25(33)3)29(36(43)37(44)45)13-9-19-46-32-14-8-11-26-10-6-7-12-28(26)32;1-11(21)19(14-6-3-7-15(22)18-16(14)23)17(24)12-4-2-5-13(10-12)25-9-8-20/h6-8,10-12,14-16,23,27,39H,9,13,17-22H2,1-5H3,(H,44,45);2,4-5,8,10,14H,3,6-7,9H2,1H3,(H,18,22,23). The van der Waals surface area contributed by atoms with Crippen LogP contribution in [0.15, 0.2) is 78.9 Å². The number of imide groups is 2. The number of carboxylic acids is 1. The summed E-state index contributed by atoms with van der Waals surface area (Å²) in [5.41, 5.74) is 5.77. The number of aldehydes is 1. The van der Waals surface area contributed by atoms with Crippen LogP contribution in [0.4, 0.5) is 0 Å². The summed E-state index contributed by atoms with van der Waals surface area (Å²) in [6, 6.07) is 23.0.